The van der Waals surface area contributed by atoms with Gasteiger partial charge >= 0.3 is 0 Å². The van der Waals surface area contributed by atoms with Gasteiger partial charge in [-0.25, -0.2) is 9.50 Å². The Morgan fingerprint density at radius 1 is 1.32 bits per heavy atom. The topological polar surface area (TPSA) is 93.6 Å². The Balaban J connectivity index is 1.81. The van der Waals surface area contributed by atoms with E-state index in [1.165, 1.54) is 23.3 Å². The molecule has 2 N–H and O–H groups in total. The maximum Gasteiger partial charge on any atom is 0.272 e. The van der Waals surface area contributed by atoms with Crippen LogP contribution in [0.2, 0.25) is 0 Å². The quantitative estimate of drug-likeness (QED) is 0.920. The Bertz CT molecular complexity index is 803. The summed E-state index contributed by atoms with van der Waals surface area (Å²) in [7, 11) is 0. The first-order chi connectivity index (χ1) is 11.8. The van der Waals surface area contributed by atoms with E-state index < -0.39 is 5.91 Å². The van der Waals surface area contributed by atoms with E-state index in [1.807, 2.05) is 4.90 Å². The van der Waals surface area contributed by atoms with Gasteiger partial charge in [-0.05, 0) is 36.7 Å². The average molecular weight is 343 g/mol. The Morgan fingerprint density at radius 2 is 2.00 bits per heavy atom. The van der Waals surface area contributed by atoms with Gasteiger partial charge in [0.2, 0.25) is 0 Å². The van der Waals surface area contributed by atoms with E-state index in [2.05, 4.69) is 30.9 Å². The molecule has 1 aliphatic rings. The molecule has 0 aliphatic carbocycles. The van der Waals surface area contributed by atoms with Gasteiger partial charge in [-0.3, -0.25) is 9.59 Å². The van der Waals surface area contributed by atoms with E-state index in [-0.39, 0.29) is 11.5 Å². The lowest BCUT2D eigenvalue weighted by Gasteiger charge is -2.40. The highest BCUT2D eigenvalue weighted by molar-refractivity contribution is 5.99. The van der Waals surface area contributed by atoms with Crippen LogP contribution in [0.15, 0.2) is 18.5 Å². The zero-order valence-corrected chi connectivity index (χ0v) is 15.0. The number of nitrogens with zero attached hydrogens (tertiary/aromatic N) is 4. The Labute approximate surface area is 147 Å². The van der Waals surface area contributed by atoms with Crippen molar-refractivity contribution in [2.75, 3.05) is 13.1 Å². The highest BCUT2D eigenvalue weighted by Crippen LogP contribution is 2.37. The van der Waals surface area contributed by atoms with Crippen LogP contribution in [0.25, 0.3) is 5.65 Å². The lowest BCUT2D eigenvalue weighted by atomic mass is 9.74. The van der Waals surface area contributed by atoms with E-state index in [0.717, 1.165) is 25.9 Å². The molecule has 0 unspecified atom stereocenters. The molecular weight excluding hydrogens is 318 g/mol. The van der Waals surface area contributed by atoms with Gasteiger partial charge in [0.05, 0.1) is 6.20 Å². The molecule has 1 fully saturated rings. The number of piperidine rings is 1. The van der Waals surface area contributed by atoms with Gasteiger partial charge in [-0.2, -0.15) is 5.10 Å². The second kappa shape index (κ2) is 6.46. The molecule has 3 rings (SSSR count). The third-order valence-electron chi connectivity index (χ3n) is 5.04. The van der Waals surface area contributed by atoms with Crippen LogP contribution in [0.1, 0.15) is 60.9 Å². The molecule has 3 heterocycles. The fourth-order valence-electron chi connectivity index (χ4n) is 3.83. The maximum atomic E-state index is 12.9. The van der Waals surface area contributed by atoms with Gasteiger partial charge in [0, 0.05) is 19.3 Å². The molecule has 0 saturated carbocycles. The first kappa shape index (κ1) is 17.4. The van der Waals surface area contributed by atoms with E-state index in [4.69, 9.17) is 5.73 Å². The van der Waals surface area contributed by atoms with Crippen molar-refractivity contribution in [3.05, 3.63) is 29.7 Å². The summed E-state index contributed by atoms with van der Waals surface area (Å²) in [4.78, 5) is 30.4. The lowest BCUT2D eigenvalue weighted by molar-refractivity contribution is 0.0561. The molecule has 7 heteroatoms. The first-order valence-corrected chi connectivity index (χ1v) is 8.72. The van der Waals surface area contributed by atoms with Crippen LogP contribution < -0.4 is 5.73 Å². The van der Waals surface area contributed by atoms with Crippen molar-refractivity contribution >= 4 is 17.5 Å². The summed E-state index contributed by atoms with van der Waals surface area (Å²) >= 11 is 0. The zero-order chi connectivity index (χ0) is 18.2. The lowest BCUT2D eigenvalue weighted by Crippen LogP contribution is -2.43. The van der Waals surface area contributed by atoms with Crippen molar-refractivity contribution in [1.29, 1.82) is 0 Å². The Morgan fingerprint density at radius 3 is 2.60 bits per heavy atom. The third-order valence-corrected chi connectivity index (χ3v) is 5.04. The Kier molecular flexibility index (Phi) is 4.49. The highest BCUT2D eigenvalue weighted by atomic mass is 16.2. The molecule has 1 saturated heterocycles. The van der Waals surface area contributed by atoms with E-state index in [1.54, 1.807) is 6.07 Å². The molecule has 0 radical (unpaired) electrons. The monoisotopic (exact) mass is 343 g/mol. The Hall–Kier alpha value is -2.44. The van der Waals surface area contributed by atoms with Crippen LogP contribution in [-0.2, 0) is 0 Å². The predicted octanol–water partition coefficient (Wildman–Crippen LogP) is 2.12. The summed E-state index contributed by atoms with van der Waals surface area (Å²) in [5.74, 6) is -0.0315. The first-order valence-electron chi connectivity index (χ1n) is 8.72. The van der Waals surface area contributed by atoms with Crippen LogP contribution in [0.3, 0.4) is 0 Å². The van der Waals surface area contributed by atoms with Crippen molar-refractivity contribution in [3.8, 4) is 0 Å². The minimum absolute atomic E-state index is 0.0851. The highest BCUT2D eigenvalue weighted by Gasteiger charge is 2.33. The molecule has 134 valence electrons. The maximum absolute atomic E-state index is 12.9. The van der Waals surface area contributed by atoms with Crippen LogP contribution >= 0.6 is 0 Å². The minimum Gasteiger partial charge on any atom is -0.365 e. The summed E-state index contributed by atoms with van der Waals surface area (Å²) in [6, 6.07) is 1.63. The number of nitrogens with two attached hydrogens (primary N) is 1. The average Bonchev–Trinajstić information content (AvgIpc) is 2.98. The predicted molar refractivity (Wildman–Crippen MR) is 94.2 cm³/mol. The number of amides is 2. The van der Waals surface area contributed by atoms with Crippen molar-refractivity contribution < 1.29 is 9.59 Å². The second-order valence-corrected chi connectivity index (χ2v) is 7.69. The number of aromatic nitrogens is 3. The number of primary amides is 1. The number of likely N-dealkylation sites (tertiary alicyclic amines) is 1. The molecule has 0 spiro atoms. The molecule has 1 aliphatic heterocycles. The fraction of sp³-hybridized carbons (Fsp3) is 0.556. The van der Waals surface area contributed by atoms with Gasteiger partial charge < -0.3 is 10.6 Å². The van der Waals surface area contributed by atoms with Crippen LogP contribution in [0.5, 0.6) is 0 Å². The summed E-state index contributed by atoms with van der Waals surface area (Å²) in [6.07, 6.45) is 6.05. The standard InChI is InChI=1S/C18H25N5O2/c1-12(2)10-18(3)5-8-22(9-6-18)17(25)14-4-7-20-16-13(15(19)24)11-21-23(14)16/h4,7,11-12H,5-6,8-10H2,1-3H3,(H2,19,24). The van der Waals surface area contributed by atoms with E-state index >= 15 is 0 Å². The zero-order valence-electron chi connectivity index (χ0n) is 15.0. The summed E-state index contributed by atoms with van der Waals surface area (Å²) in [6.45, 7) is 8.26. The molecule has 2 aromatic heterocycles. The summed E-state index contributed by atoms with van der Waals surface area (Å²) in [5.41, 5.74) is 6.58. The normalized spacial score (nSPS) is 17.2. The smallest absolute Gasteiger partial charge is 0.272 e. The van der Waals surface area contributed by atoms with Gasteiger partial charge in [0.25, 0.3) is 11.8 Å². The van der Waals surface area contributed by atoms with Crippen LogP contribution in [0, 0.1) is 11.3 Å². The SMILES string of the molecule is CC(C)CC1(C)CCN(C(=O)c2ccnc3c(C(N)=O)cnn23)CC1. The van der Waals surface area contributed by atoms with Gasteiger partial charge in [0.1, 0.15) is 11.3 Å². The largest absolute Gasteiger partial charge is 0.365 e. The van der Waals surface area contributed by atoms with Crippen LogP contribution in [0.4, 0.5) is 0 Å². The van der Waals surface area contributed by atoms with Crippen molar-refractivity contribution in [1.82, 2.24) is 19.5 Å². The molecular formula is C18H25N5O2. The number of carbonyl (C=O) groups is 2. The second-order valence-electron chi connectivity index (χ2n) is 7.69. The number of hydrogen-bond donors (Lipinski definition) is 1. The van der Waals surface area contributed by atoms with Gasteiger partial charge in [0.15, 0.2) is 5.65 Å². The van der Waals surface area contributed by atoms with Gasteiger partial charge in [-0.1, -0.05) is 20.8 Å². The molecule has 0 atom stereocenters. The van der Waals surface area contributed by atoms with Crippen LogP contribution in [-0.4, -0.2) is 44.4 Å². The summed E-state index contributed by atoms with van der Waals surface area (Å²) < 4.78 is 1.41. The molecule has 25 heavy (non-hydrogen) atoms. The van der Waals surface area contributed by atoms with Crippen molar-refractivity contribution in [3.63, 3.8) is 0 Å². The number of rotatable bonds is 4. The van der Waals surface area contributed by atoms with E-state index in [9.17, 15) is 9.59 Å². The van der Waals surface area contributed by atoms with Crippen molar-refractivity contribution in [2.45, 2.75) is 40.0 Å². The minimum atomic E-state index is -0.602. The van der Waals surface area contributed by atoms with Gasteiger partial charge in [-0.15, -0.1) is 0 Å². The molecule has 2 aromatic rings. The molecule has 0 aromatic carbocycles. The fourth-order valence-corrected chi connectivity index (χ4v) is 3.83. The van der Waals surface area contributed by atoms with Crippen molar-refractivity contribution in [2.24, 2.45) is 17.1 Å². The number of hydrogen-bond acceptors (Lipinski definition) is 4. The molecule has 7 nitrogen and oxygen atoms in total. The van der Waals surface area contributed by atoms with E-state index in [0.29, 0.717) is 22.7 Å². The molecule has 0 bridgehead atoms. The number of fused-ring (bicyclic) bond motifs is 1. The molecule has 2 amide bonds. The summed E-state index contributed by atoms with van der Waals surface area (Å²) in [5, 5.41) is 4.13. The third kappa shape index (κ3) is 3.36. The number of carbonyl (C=O) groups excluding carboxylic acids is 2.